The maximum absolute atomic E-state index is 13.1. The van der Waals surface area contributed by atoms with Crippen LogP contribution in [0, 0.1) is 5.82 Å². The quantitative estimate of drug-likeness (QED) is 0.709. The Bertz CT molecular complexity index is 956. The first-order valence-corrected chi connectivity index (χ1v) is 10.9. The molecule has 156 valence electrons. The molecule has 0 aliphatic carbocycles. The van der Waals surface area contributed by atoms with Crippen LogP contribution in [0.3, 0.4) is 0 Å². The van der Waals surface area contributed by atoms with Gasteiger partial charge in [-0.15, -0.1) is 0 Å². The number of nitrogens with zero attached hydrogens (tertiary/aromatic N) is 2. The van der Waals surface area contributed by atoms with Gasteiger partial charge in [0.25, 0.3) is 5.91 Å². The third-order valence-electron chi connectivity index (χ3n) is 4.97. The minimum atomic E-state index is -3.55. The molecule has 0 radical (unpaired) electrons. The molecule has 1 saturated heterocycles. The van der Waals surface area contributed by atoms with Crippen LogP contribution in [-0.2, 0) is 14.8 Å². The smallest absolute Gasteiger partial charge is 0.279 e. The molecule has 7 nitrogen and oxygen atoms in total. The second-order valence-corrected chi connectivity index (χ2v) is 9.41. The van der Waals surface area contributed by atoms with Gasteiger partial charge >= 0.3 is 0 Å². The maximum Gasteiger partial charge on any atom is 0.279 e. The second-order valence-electron chi connectivity index (χ2n) is 7.25. The normalized spacial score (nSPS) is 15.5. The monoisotopic (exact) mass is 421 g/mol. The SMILES string of the molecule is CN(C)S(=O)(=O)c1cccc(NC(=O)C[NH+]2CCN(c3ccc(F)cc3)CC2)c1. The Morgan fingerprint density at radius 2 is 1.79 bits per heavy atom. The molecule has 2 aromatic carbocycles. The van der Waals surface area contributed by atoms with Gasteiger partial charge in [0.1, 0.15) is 5.82 Å². The zero-order valence-electron chi connectivity index (χ0n) is 16.6. The molecule has 1 aliphatic rings. The van der Waals surface area contributed by atoms with Crippen molar-refractivity contribution in [3.8, 4) is 0 Å². The van der Waals surface area contributed by atoms with Gasteiger partial charge in [0.15, 0.2) is 6.54 Å². The molecule has 9 heteroatoms. The van der Waals surface area contributed by atoms with Gasteiger partial charge < -0.3 is 15.1 Å². The number of carbonyl (C=O) groups excluding carboxylic acids is 1. The van der Waals surface area contributed by atoms with Crippen LogP contribution < -0.4 is 15.1 Å². The van der Waals surface area contributed by atoms with Gasteiger partial charge in [0.2, 0.25) is 10.0 Å². The van der Waals surface area contributed by atoms with Crippen molar-refractivity contribution in [2.75, 3.05) is 57.0 Å². The van der Waals surface area contributed by atoms with Crippen LogP contribution in [-0.4, -0.2) is 65.4 Å². The van der Waals surface area contributed by atoms with Crippen LogP contribution in [0.5, 0.6) is 0 Å². The van der Waals surface area contributed by atoms with Gasteiger partial charge in [0, 0.05) is 25.5 Å². The van der Waals surface area contributed by atoms with Crippen molar-refractivity contribution in [2.45, 2.75) is 4.90 Å². The number of amides is 1. The number of sulfonamides is 1. The number of nitrogens with one attached hydrogen (secondary N) is 2. The van der Waals surface area contributed by atoms with E-state index in [1.165, 1.54) is 38.4 Å². The van der Waals surface area contributed by atoms with Crippen LogP contribution in [0.4, 0.5) is 15.8 Å². The molecule has 1 heterocycles. The highest BCUT2D eigenvalue weighted by atomic mass is 32.2. The van der Waals surface area contributed by atoms with E-state index in [1.54, 1.807) is 24.3 Å². The summed E-state index contributed by atoms with van der Waals surface area (Å²) in [6, 6.07) is 12.7. The number of rotatable bonds is 6. The topological polar surface area (TPSA) is 74.2 Å². The van der Waals surface area contributed by atoms with Crippen LogP contribution in [0.25, 0.3) is 0 Å². The lowest BCUT2D eigenvalue weighted by molar-refractivity contribution is -0.892. The number of carbonyl (C=O) groups is 1. The zero-order chi connectivity index (χ0) is 21.0. The minimum Gasteiger partial charge on any atom is -0.360 e. The second kappa shape index (κ2) is 8.89. The summed E-state index contributed by atoms with van der Waals surface area (Å²) in [6.45, 7) is 3.46. The van der Waals surface area contributed by atoms with E-state index in [4.69, 9.17) is 0 Å². The fourth-order valence-electron chi connectivity index (χ4n) is 3.29. The molecule has 2 aromatic rings. The summed E-state index contributed by atoms with van der Waals surface area (Å²) >= 11 is 0. The summed E-state index contributed by atoms with van der Waals surface area (Å²) in [6.07, 6.45) is 0. The van der Waals surface area contributed by atoms with Crippen LogP contribution in [0.15, 0.2) is 53.4 Å². The van der Waals surface area contributed by atoms with E-state index in [2.05, 4.69) is 10.2 Å². The highest BCUT2D eigenvalue weighted by Crippen LogP contribution is 2.18. The minimum absolute atomic E-state index is 0.139. The average molecular weight is 422 g/mol. The van der Waals surface area contributed by atoms with E-state index in [0.29, 0.717) is 12.2 Å². The van der Waals surface area contributed by atoms with Crippen LogP contribution >= 0.6 is 0 Å². The molecular weight excluding hydrogens is 395 g/mol. The van der Waals surface area contributed by atoms with E-state index >= 15 is 0 Å². The first kappa shape index (κ1) is 21.2. The lowest BCUT2D eigenvalue weighted by Crippen LogP contribution is -3.15. The van der Waals surface area contributed by atoms with Gasteiger partial charge in [-0.05, 0) is 42.5 Å². The predicted molar refractivity (Wildman–Crippen MR) is 110 cm³/mol. The first-order chi connectivity index (χ1) is 13.8. The van der Waals surface area contributed by atoms with Crippen molar-refractivity contribution < 1.29 is 22.5 Å². The molecule has 1 aliphatic heterocycles. The zero-order valence-corrected chi connectivity index (χ0v) is 17.4. The summed E-state index contributed by atoms with van der Waals surface area (Å²) < 4.78 is 38.7. The highest BCUT2D eigenvalue weighted by Gasteiger charge is 2.23. The molecule has 0 bridgehead atoms. The van der Waals surface area contributed by atoms with Crippen molar-refractivity contribution in [2.24, 2.45) is 0 Å². The Morgan fingerprint density at radius 3 is 2.41 bits per heavy atom. The van der Waals surface area contributed by atoms with Crippen molar-refractivity contribution in [3.63, 3.8) is 0 Å². The van der Waals surface area contributed by atoms with E-state index in [-0.39, 0.29) is 16.6 Å². The number of quaternary nitrogens is 1. The van der Waals surface area contributed by atoms with E-state index in [1.807, 2.05) is 0 Å². The molecular formula is C20H26FN4O3S+. The van der Waals surface area contributed by atoms with Crippen molar-refractivity contribution in [1.82, 2.24) is 4.31 Å². The van der Waals surface area contributed by atoms with Gasteiger partial charge in [-0.3, -0.25) is 4.79 Å². The summed E-state index contributed by atoms with van der Waals surface area (Å²) in [5, 5.41) is 2.79. The fourth-order valence-corrected chi connectivity index (χ4v) is 4.24. The van der Waals surface area contributed by atoms with E-state index in [9.17, 15) is 17.6 Å². The lowest BCUT2D eigenvalue weighted by atomic mass is 10.2. The Balaban J connectivity index is 1.54. The molecule has 0 saturated carbocycles. The Hall–Kier alpha value is -2.49. The summed E-state index contributed by atoms with van der Waals surface area (Å²) in [4.78, 5) is 15.9. The summed E-state index contributed by atoms with van der Waals surface area (Å²) in [5.74, 6) is -0.410. The van der Waals surface area contributed by atoms with Crippen LogP contribution in [0.1, 0.15) is 0 Å². The van der Waals surface area contributed by atoms with Gasteiger partial charge in [-0.25, -0.2) is 17.1 Å². The predicted octanol–water partition coefficient (Wildman–Crippen LogP) is 0.420. The molecule has 1 amide bonds. The fraction of sp³-hybridized carbons (Fsp3) is 0.350. The van der Waals surface area contributed by atoms with E-state index < -0.39 is 10.0 Å². The van der Waals surface area contributed by atoms with E-state index in [0.717, 1.165) is 41.1 Å². The Morgan fingerprint density at radius 1 is 1.14 bits per heavy atom. The summed E-state index contributed by atoms with van der Waals surface area (Å²) in [5.41, 5.74) is 1.44. The standard InChI is InChI=1S/C20H25FN4O3S/c1-23(2)29(27,28)19-5-3-4-17(14-19)22-20(26)15-24-10-12-25(13-11-24)18-8-6-16(21)7-9-18/h3-9,14H,10-13,15H2,1-2H3,(H,22,26)/p+1. The lowest BCUT2D eigenvalue weighted by Gasteiger charge is -2.33. The first-order valence-electron chi connectivity index (χ1n) is 9.42. The van der Waals surface area contributed by atoms with Gasteiger partial charge in [-0.1, -0.05) is 6.07 Å². The molecule has 0 aromatic heterocycles. The third kappa shape index (κ3) is 5.31. The Labute approximate surface area is 170 Å². The van der Waals surface area contributed by atoms with Crippen molar-refractivity contribution in [1.29, 1.82) is 0 Å². The Kier molecular flexibility index (Phi) is 6.51. The highest BCUT2D eigenvalue weighted by molar-refractivity contribution is 7.89. The molecule has 29 heavy (non-hydrogen) atoms. The molecule has 0 unspecified atom stereocenters. The third-order valence-corrected chi connectivity index (χ3v) is 6.78. The number of benzene rings is 2. The van der Waals surface area contributed by atoms with Crippen molar-refractivity contribution in [3.05, 3.63) is 54.3 Å². The summed E-state index contributed by atoms with van der Waals surface area (Å²) in [7, 11) is -0.614. The van der Waals surface area contributed by atoms with Crippen LogP contribution in [0.2, 0.25) is 0 Å². The molecule has 2 N–H and O–H groups in total. The average Bonchev–Trinajstić information content (AvgIpc) is 2.69. The number of halogens is 1. The van der Waals surface area contributed by atoms with Crippen molar-refractivity contribution >= 4 is 27.3 Å². The van der Waals surface area contributed by atoms with Gasteiger partial charge in [0.05, 0.1) is 31.1 Å². The molecule has 1 fully saturated rings. The largest absolute Gasteiger partial charge is 0.360 e. The van der Waals surface area contributed by atoms with Gasteiger partial charge in [-0.2, -0.15) is 0 Å². The number of anilines is 2. The number of hydrogen-bond donors (Lipinski definition) is 2. The molecule has 0 atom stereocenters. The molecule has 3 rings (SSSR count). The number of piperazine rings is 1. The molecule has 0 spiro atoms. The maximum atomic E-state index is 13.1. The number of hydrogen-bond acceptors (Lipinski definition) is 4.